The van der Waals surface area contributed by atoms with Crippen molar-refractivity contribution in [3.05, 3.63) is 137 Å². The van der Waals surface area contributed by atoms with Gasteiger partial charge in [-0.3, -0.25) is 0 Å². The summed E-state index contributed by atoms with van der Waals surface area (Å²) < 4.78 is 11.9. The van der Waals surface area contributed by atoms with E-state index in [1.165, 1.54) is 78.0 Å². The number of carbonyl (C=O) groups excluding carboxylic acids is 1. The van der Waals surface area contributed by atoms with E-state index >= 15 is 0 Å². The Morgan fingerprint density at radius 1 is 0.551 bits per heavy atom. The molecule has 2 heterocycles. The van der Waals surface area contributed by atoms with Crippen LogP contribution in [0, 0.1) is 0 Å². The number of nitrogens with zero attached hydrogens (tertiary/aromatic N) is 2. The summed E-state index contributed by atoms with van der Waals surface area (Å²) in [5, 5.41) is 10.6. The highest BCUT2D eigenvalue weighted by molar-refractivity contribution is 6.13. The van der Waals surface area contributed by atoms with Crippen molar-refractivity contribution in [2.24, 2.45) is 0 Å². The molecule has 0 spiro atoms. The van der Waals surface area contributed by atoms with Gasteiger partial charge in [0.15, 0.2) is 0 Å². The second-order valence-electron chi connectivity index (χ2n) is 13.5. The molecule has 0 atom stereocenters. The minimum Gasteiger partial charge on any atom is -0.340 e. The minimum absolute atomic E-state index is 0.877. The van der Waals surface area contributed by atoms with Crippen LogP contribution in [0.5, 0.6) is 5.75 Å². The van der Waals surface area contributed by atoms with Crippen molar-refractivity contribution in [2.45, 2.75) is 71.9 Å². The van der Waals surface area contributed by atoms with E-state index < -0.39 is 0 Å². The number of unbranched alkanes of at least 4 members (excludes halogenated alkanes) is 2. The maximum absolute atomic E-state index is 6.83. The summed E-state index contributed by atoms with van der Waals surface area (Å²) in [5.74, 6) is 1.87. The van der Waals surface area contributed by atoms with Crippen molar-refractivity contribution >= 4 is 61.3 Å². The second kappa shape index (κ2) is 13.8. The number of benzene rings is 5. The summed E-state index contributed by atoms with van der Waals surface area (Å²) in [5.41, 5.74) is 5.16. The van der Waals surface area contributed by atoms with Crippen molar-refractivity contribution in [2.75, 3.05) is 0 Å². The van der Waals surface area contributed by atoms with Gasteiger partial charge in [-0.15, -0.1) is 0 Å². The molecule has 244 valence electrons. The molecule has 0 aliphatic heterocycles. The van der Waals surface area contributed by atoms with Crippen molar-refractivity contribution < 1.29 is 4.42 Å². The highest BCUT2D eigenvalue weighted by atomic mass is 16.4. The van der Waals surface area contributed by atoms with Gasteiger partial charge < -0.3 is 9.13 Å². The fourth-order valence-corrected chi connectivity index (χ4v) is 7.86. The maximum Gasteiger partial charge on any atom is 0.359 e. The van der Waals surface area contributed by atoms with Crippen molar-refractivity contribution in [3.63, 3.8) is 0 Å². The molecule has 2 aromatic heterocycles. The predicted molar refractivity (Wildman–Crippen MR) is 209 cm³/mol. The monoisotopic (exact) mass is 641 g/mol. The Morgan fingerprint density at radius 3 is 1.53 bits per heavy atom. The first-order valence-electron chi connectivity index (χ1n) is 18.3. The number of hydrogen-bond acceptors (Lipinski definition) is 0. The number of aromatic nitrogens is 2. The molecule has 1 fully saturated rings. The molecular weight excluding hydrogens is 597 g/mol. The Bertz CT molecular complexity index is 2320. The number of ketones is 1. The van der Waals surface area contributed by atoms with E-state index in [1.807, 2.05) is 6.07 Å². The zero-order valence-corrected chi connectivity index (χ0v) is 28.8. The van der Waals surface area contributed by atoms with Gasteiger partial charge in [0.25, 0.3) is 0 Å². The lowest BCUT2D eigenvalue weighted by molar-refractivity contribution is -0.365. The molecule has 0 unspecified atom stereocenters. The van der Waals surface area contributed by atoms with Crippen LogP contribution in [0.1, 0.15) is 58.8 Å². The zero-order chi connectivity index (χ0) is 33.2. The third-order valence-electron chi connectivity index (χ3n) is 10.3. The van der Waals surface area contributed by atoms with E-state index in [0.717, 1.165) is 56.7 Å². The first-order valence-corrected chi connectivity index (χ1v) is 18.3. The third-order valence-corrected chi connectivity index (χ3v) is 10.3. The van der Waals surface area contributed by atoms with Crippen LogP contribution in [0.4, 0.5) is 0 Å². The molecule has 49 heavy (non-hydrogen) atoms. The summed E-state index contributed by atoms with van der Waals surface area (Å²) in [7, 11) is 0. The van der Waals surface area contributed by atoms with Crippen LogP contribution in [0.2, 0.25) is 0 Å². The van der Waals surface area contributed by atoms with Gasteiger partial charge in [-0.05, 0) is 79.3 Å². The van der Waals surface area contributed by atoms with E-state index in [1.54, 1.807) is 0 Å². The van der Waals surface area contributed by atoms with Gasteiger partial charge in [-0.25, -0.2) is 4.42 Å². The van der Waals surface area contributed by atoms with Crippen LogP contribution >= 0.6 is 0 Å². The highest BCUT2D eigenvalue weighted by Gasteiger charge is 2.29. The number of hydrogen-bond donors (Lipinski definition) is 0. The van der Waals surface area contributed by atoms with Crippen LogP contribution in [0.3, 0.4) is 0 Å². The molecule has 1 aliphatic rings. The minimum atomic E-state index is 0.877. The fraction of sp³-hybridized carbons (Fsp3) is 0.239. The first-order chi connectivity index (χ1) is 24.2. The standard InChI is InChI=1S/C46H45N2O/c1-3-5-31-47-40(38-23-11-15-33-17-13-25-42(47)44(33)38)29-27-35-19-10-20-36(46(35)49-37-21-8-7-9-22-37)28-30-41-39-24-12-16-34-18-14-26-43(45(34)39)48(41)32-6-4-2/h7-9,11-18,21-30H,3-6,10,19-20,31-32H2,1-2H3/q+1/b35-27+,36-28+,40-29+,41-30+. The lowest BCUT2D eigenvalue weighted by Gasteiger charge is -2.12. The molecule has 0 amide bonds. The fourth-order valence-electron chi connectivity index (χ4n) is 7.86. The Balaban J connectivity index is 1.31. The number of para-hydroxylation sites is 1. The number of rotatable bonds is 9. The molecule has 0 radical (unpaired) electrons. The molecule has 0 N–H and O–H groups in total. The summed E-state index contributed by atoms with van der Waals surface area (Å²) in [6.45, 7) is 6.57. The maximum atomic E-state index is 6.83. The van der Waals surface area contributed by atoms with Crippen LogP contribution in [-0.4, -0.2) is 14.9 Å². The van der Waals surface area contributed by atoms with Gasteiger partial charge in [-0.1, -0.05) is 106 Å². The molecule has 0 bridgehead atoms. The Kier molecular flexibility index (Phi) is 8.74. The van der Waals surface area contributed by atoms with Crippen molar-refractivity contribution in [1.82, 2.24) is 9.13 Å². The largest absolute Gasteiger partial charge is 0.359 e. The second-order valence-corrected chi connectivity index (χ2v) is 13.5. The van der Waals surface area contributed by atoms with Gasteiger partial charge >= 0.3 is 11.5 Å². The average molecular weight is 642 g/mol. The topological polar surface area (TPSA) is 21.2 Å². The summed E-state index contributed by atoms with van der Waals surface area (Å²) in [6, 6.07) is 37.2. The molecule has 0 saturated heterocycles. The van der Waals surface area contributed by atoms with Gasteiger partial charge in [0.1, 0.15) is 0 Å². The first kappa shape index (κ1) is 31.1. The molecule has 8 rings (SSSR count). The molecular formula is C46H45N2O+. The van der Waals surface area contributed by atoms with Gasteiger partial charge in [0.05, 0.1) is 11.1 Å². The highest BCUT2D eigenvalue weighted by Crippen LogP contribution is 2.30. The van der Waals surface area contributed by atoms with E-state index in [4.69, 9.17) is 4.42 Å². The number of allylic oxidation sites excluding steroid dienone is 4. The van der Waals surface area contributed by atoms with E-state index in [2.05, 4.69) is 144 Å². The van der Waals surface area contributed by atoms with Crippen LogP contribution < -0.4 is 10.7 Å². The Hall–Kier alpha value is -5.15. The van der Waals surface area contributed by atoms with Crippen molar-refractivity contribution in [3.8, 4) is 5.75 Å². The Labute approximate surface area is 288 Å². The van der Waals surface area contributed by atoms with E-state index in [0.29, 0.717) is 0 Å². The smallest absolute Gasteiger partial charge is 0.340 e. The quantitative estimate of drug-likeness (QED) is 0.110. The summed E-state index contributed by atoms with van der Waals surface area (Å²) in [6.07, 6.45) is 17.1. The molecule has 3 heteroatoms. The molecule has 1 saturated carbocycles. The number of aryl methyl sites for hydroxylation is 2. The van der Waals surface area contributed by atoms with E-state index in [-0.39, 0.29) is 0 Å². The molecule has 7 aromatic rings. The van der Waals surface area contributed by atoms with Crippen LogP contribution in [0.15, 0.2) is 126 Å². The van der Waals surface area contributed by atoms with Gasteiger partial charge in [0.2, 0.25) is 0 Å². The Morgan fingerprint density at radius 2 is 1.04 bits per heavy atom. The lowest BCUT2D eigenvalue weighted by atomic mass is 9.88. The van der Waals surface area contributed by atoms with Gasteiger partial charge in [0, 0.05) is 68.5 Å². The van der Waals surface area contributed by atoms with Crippen LogP contribution in [-0.2, 0) is 17.5 Å². The molecule has 3 nitrogen and oxygen atoms in total. The van der Waals surface area contributed by atoms with Crippen molar-refractivity contribution in [1.29, 1.82) is 0 Å². The summed E-state index contributed by atoms with van der Waals surface area (Å²) >= 11 is 0. The van der Waals surface area contributed by atoms with Gasteiger partial charge in [-0.2, -0.15) is 0 Å². The SMILES string of the molecule is CCCCn1/c(=C/C=C2\CCC/C(=C\C=c3/c4cccc5cccc(c54)n3CCCC)C2=[O+]c2ccccc2)c2cccc3cccc1c32. The lowest BCUT2D eigenvalue weighted by Crippen LogP contribution is -2.18. The average Bonchev–Trinajstić information content (AvgIpc) is 3.62. The third kappa shape index (κ3) is 5.82. The normalized spacial score (nSPS) is 16.5. The zero-order valence-electron chi connectivity index (χ0n) is 28.8. The van der Waals surface area contributed by atoms with Crippen LogP contribution in [0.25, 0.3) is 55.5 Å². The van der Waals surface area contributed by atoms with E-state index in [9.17, 15) is 0 Å². The summed E-state index contributed by atoms with van der Waals surface area (Å²) in [4.78, 5) is 0. The molecule has 1 aliphatic carbocycles. The molecule has 5 aromatic carbocycles. The predicted octanol–water partition coefficient (Wildman–Crippen LogP) is 10.8.